The van der Waals surface area contributed by atoms with Gasteiger partial charge >= 0.3 is 0 Å². The number of ether oxygens (including phenoxy) is 1. The van der Waals surface area contributed by atoms with Crippen LogP contribution in [0.1, 0.15) is 51.5 Å². The Morgan fingerprint density at radius 3 is 2.61 bits per heavy atom. The third kappa shape index (κ3) is 4.36. The highest BCUT2D eigenvalue weighted by atomic mass is 16.5. The van der Waals surface area contributed by atoms with Gasteiger partial charge in [-0.25, -0.2) is 0 Å². The fourth-order valence-electron chi connectivity index (χ4n) is 4.34. The Labute approximate surface area is 166 Å². The maximum Gasteiger partial charge on any atom is 0.226 e. The summed E-state index contributed by atoms with van der Waals surface area (Å²) in [6.07, 6.45) is 5.86. The standard InChI is InChI=1S/C21H31N3O4/c1-3-4-17(25)23-20(2)9-14-28-21(19(20)27)7-12-24(13-8-21)18(26)15-16-5-10-22-11-6-16/h5-6,10-11,19,27H,3-4,7-9,12-15H2,1-2H3,(H,23,25)/t19-,20+/m0/s1. The topological polar surface area (TPSA) is 91.8 Å². The van der Waals surface area contributed by atoms with E-state index in [0.717, 1.165) is 12.0 Å². The smallest absolute Gasteiger partial charge is 0.226 e. The number of likely N-dealkylation sites (tertiary alicyclic amines) is 1. The van der Waals surface area contributed by atoms with Crippen molar-refractivity contribution in [2.45, 2.75) is 69.6 Å². The Balaban J connectivity index is 1.61. The summed E-state index contributed by atoms with van der Waals surface area (Å²) < 4.78 is 6.05. The number of aliphatic hydroxyl groups excluding tert-OH is 1. The molecule has 28 heavy (non-hydrogen) atoms. The normalized spacial score (nSPS) is 26.8. The number of hydrogen-bond acceptors (Lipinski definition) is 5. The first-order valence-electron chi connectivity index (χ1n) is 10.2. The maximum atomic E-state index is 12.6. The van der Waals surface area contributed by atoms with E-state index >= 15 is 0 Å². The zero-order valence-electron chi connectivity index (χ0n) is 16.8. The number of hydrogen-bond donors (Lipinski definition) is 2. The highest BCUT2D eigenvalue weighted by Gasteiger charge is 2.54. The average molecular weight is 389 g/mol. The lowest BCUT2D eigenvalue weighted by molar-refractivity contribution is -0.208. The molecule has 1 aromatic heterocycles. The zero-order chi connectivity index (χ0) is 20.2. The van der Waals surface area contributed by atoms with Gasteiger partial charge in [0, 0.05) is 38.5 Å². The van der Waals surface area contributed by atoms with Crippen LogP contribution in [0, 0.1) is 0 Å². The van der Waals surface area contributed by atoms with Gasteiger partial charge in [0.25, 0.3) is 0 Å². The van der Waals surface area contributed by atoms with Gasteiger partial charge in [0.15, 0.2) is 0 Å². The number of carbonyl (C=O) groups excluding carboxylic acids is 2. The predicted octanol–water partition coefficient (Wildman–Crippen LogP) is 1.44. The number of aromatic nitrogens is 1. The van der Waals surface area contributed by atoms with Gasteiger partial charge in [-0.15, -0.1) is 0 Å². The maximum absolute atomic E-state index is 12.6. The largest absolute Gasteiger partial charge is 0.388 e. The SMILES string of the molecule is CCCC(=O)N[C@]1(C)CCOC2(CCN(C(=O)Cc3ccncc3)CC2)[C@H]1O. The highest BCUT2D eigenvalue weighted by molar-refractivity contribution is 5.79. The Morgan fingerprint density at radius 2 is 1.96 bits per heavy atom. The molecular formula is C21H31N3O4. The minimum atomic E-state index is -0.799. The van der Waals surface area contributed by atoms with Crippen molar-refractivity contribution in [2.24, 2.45) is 0 Å². The molecule has 2 N–H and O–H groups in total. The number of piperidine rings is 1. The first kappa shape index (κ1) is 20.7. The number of aliphatic hydroxyl groups is 1. The van der Waals surface area contributed by atoms with E-state index in [1.807, 2.05) is 30.9 Å². The third-order valence-electron chi connectivity index (χ3n) is 6.08. The van der Waals surface area contributed by atoms with Crippen LogP contribution in [0.4, 0.5) is 0 Å². The molecule has 0 saturated carbocycles. The Bertz CT molecular complexity index is 688. The minimum Gasteiger partial charge on any atom is -0.388 e. The van der Waals surface area contributed by atoms with Crippen molar-refractivity contribution in [3.05, 3.63) is 30.1 Å². The monoisotopic (exact) mass is 389 g/mol. The number of carbonyl (C=O) groups is 2. The van der Waals surface area contributed by atoms with Crippen LogP contribution in [0.3, 0.4) is 0 Å². The molecule has 0 bridgehead atoms. The van der Waals surface area contributed by atoms with E-state index in [1.165, 1.54) is 0 Å². The van der Waals surface area contributed by atoms with Gasteiger partial charge < -0.3 is 20.1 Å². The predicted molar refractivity (Wildman–Crippen MR) is 105 cm³/mol. The summed E-state index contributed by atoms with van der Waals surface area (Å²) in [6.45, 7) is 5.43. The summed E-state index contributed by atoms with van der Waals surface area (Å²) in [4.78, 5) is 30.6. The molecule has 0 unspecified atom stereocenters. The quantitative estimate of drug-likeness (QED) is 0.795. The van der Waals surface area contributed by atoms with Crippen molar-refractivity contribution in [3.63, 3.8) is 0 Å². The summed E-state index contributed by atoms with van der Waals surface area (Å²) in [5.74, 6) is 0.0384. The number of amides is 2. The van der Waals surface area contributed by atoms with Crippen molar-refractivity contribution in [2.75, 3.05) is 19.7 Å². The Hall–Kier alpha value is -1.99. The fourth-order valence-corrected chi connectivity index (χ4v) is 4.34. The van der Waals surface area contributed by atoms with Crippen LogP contribution in [-0.4, -0.2) is 63.7 Å². The van der Waals surface area contributed by atoms with Gasteiger partial charge in [-0.1, -0.05) is 6.92 Å². The van der Waals surface area contributed by atoms with Crippen LogP contribution < -0.4 is 5.32 Å². The van der Waals surface area contributed by atoms with Crippen molar-refractivity contribution in [1.29, 1.82) is 0 Å². The number of nitrogens with one attached hydrogen (secondary N) is 1. The average Bonchev–Trinajstić information content (AvgIpc) is 2.68. The second-order valence-electron chi connectivity index (χ2n) is 8.19. The van der Waals surface area contributed by atoms with Gasteiger partial charge in [0.1, 0.15) is 6.10 Å². The molecule has 2 saturated heterocycles. The van der Waals surface area contributed by atoms with Crippen LogP contribution >= 0.6 is 0 Å². The summed E-state index contributed by atoms with van der Waals surface area (Å²) >= 11 is 0. The van der Waals surface area contributed by atoms with Crippen LogP contribution in [0.25, 0.3) is 0 Å². The lowest BCUT2D eigenvalue weighted by Crippen LogP contribution is -2.69. The molecular weight excluding hydrogens is 358 g/mol. The summed E-state index contributed by atoms with van der Waals surface area (Å²) in [5.41, 5.74) is -0.464. The van der Waals surface area contributed by atoms with E-state index in [4.69, 9.17) is 4.74 Å². The zero-order valence-corrected chi connectivity index (χ0v) is 16.8. The van der Waals surface area contributed by atoms with E-state index in [2.05, 4.69) is 10.3 Å². The first-order valence-corrected chi connectivity index (χ1v) is 10.2. The van der Waals surface area contributed by atoms with E-state index in [-0.39, 0.29) is 11.8 Å². The third-order valence-corrected chi connectivity index (χ3v) is 6.08. The lowest BCUT2D eigenvalue weighted by Gasteiger charge is -2.53. The molecule has 1 spiro atoms. The lowest BCUT2D eigenvalue weighted by atomic mass is 9.73. The van der Waals surface area contributed by atoms with Crippen LogP contribution in [0.15, 0.2) is 24.5 Å². The van der Waals surface area contributed by atoms with Gasteiger partial charge in [0.05, 0.1) is 17.6 Å². The molecule has 2 aliphatic heterocycles. The molecule has 2 fully saturated rings. The van der Waals surface area contributed by atoms with E-state index in [9.17, 15) is 14.7 Å². The van der Waals surface area contributed by atoms with Crippen LogP contribution in [-0.2, 0) is 20.7 Å². The van der Waals surface area contributed by atoms with Crippen molar-refractivity contribution < 1.29 is 19.4 Å². The molecule has 3 rings (SSSR count). The molecule has 7 heteroatoms. The number of pyridine rings is 1. The molecule has 7 nitrogen and oxygen atoms in total. The molecule has 0 aliphatic carbocycles. The molecule has 0 radical (unpaired) electrons. The van der Waals surface area contributed by atoms with Gasteiger partial charge in [-0.05, 0) is 50.3 Å². The molecule has 2 aliphatic rings. The van der Waals surface area contributed by atoms with Gasteiger partial charge in [-0.2, -0.15) is 0 Å². The fraction of sp³-hybridized carbons (Fsp3) is 0.667. The summed E-state index contributed by atoms with van der Waals surface area (Å²) in [5, 5.41) is 14.2. The molecule has 2 atom stereocenters. The van der Waals surface area contributed by atoms with Crippen molar-refractivity contribution in [1.82, 2.24) is 15.2 Å². The second kappa shape index (κ2) is 8.57. The van der Waals surface area contributed by atoms with Crippen molar-refractivity contribution in [3.8, 4) is 0 Å². The molecule has 2 amide bonds. The Kier molecular flexibility index (Phi) is 6.35. The van der Waals surface area contributed by atoms with Crippen LogP contribution in [0.5, 0.6) is 0 Å². The summed E-state index contributed by atoms with van der Waals surface area (Å²) in [7, 11) is 0. The van der Waals surface area contributed by atoms with Crippen molar-refractivity contribution >= 4 is 11.8 Å². The first-order chi connectivity index (χ1) is 13.4. The highest BCUT2D eigenvalue weighted by Crippen LogP contribution is 2.40. The molecule has 3 heterocycles. The molecule has 154 valence electrons. The van der Waals surface area contributed by atoms with E-state index in [0.29, 0.717) is 51.8 Å². The van der Waals surface area contributed by atoms with Gasteiger partial charge in [-0.3, -0.25) is 14.6 Å². The minimum absolute atomic E-state index is 0.0361. The van der Waals surface area contributed by atoms with E-state index in [1.54, 1.807) is 12.4 Å². The van der Waals surface area contributed by atoms with Gasteiger partial charge in [0.2, 0.25) is 11.8 Å². The Morgan fingerprint density at radius 1 is 1.29 bits per heavy atom. The van der Waals surface area contributed by atoms with Crippen LogP contribution in [0.2, 0.25) is 0 Å². The second-order valence-corrected chi connectivity index (χ2v) is 8.19. The number of rotatable bonds is 5. The summed E-state index contributed by atoms with van der Waals surface area (Å²) in [6, 6.07) is 3.70. The molecule has 0 aromatic carbocycles. The number of nitrogens with zero attached hydrogens (tertiary/aromatic N) is 2. The molecule has 1 aromatic rings. The van der Waals surface area contributed by atoms with E-state index < -0.39 is 17.2 Å².